The summed E-state index contributed by atoms with van der Waals surface area (Å²) in [6, 6.07) is 5.96. The van der Waals surface area contributed by atoms with E-state index in [4.69, 9.17) is 0 Å². The van der Waals surface area contributed by atoms with Crippen molar-refractivity contribution in [1.29, 1.82) is 0 Å². The highest BCUT2D eigenvalue weighted by Gasteiger charge is 2.25. The number of benzene rings is 1. The molecular formula is C22H33N3O2. The number of rotatable bonds is 5. The standard InChI is InChI=1S/C22H33N3O2/c1-17-7-6-10-20(18(17)2)23-21(26)16-24-11-13-25(14-12-24)22(27)15-19-8-4-3-5-9-19/h6-7,10,19H,3-5,8-9,11-16H2,1-2H3,(H,23,26). The molecule has 0 bridgehead atoms. The lowest BCUT2D eigenvalue weighted by molar-refractivity contribution is -0.134. The number of anilines is 1. The molecule has 2 aliphatic rings. The highest BCUT2D eigenvalue weighted by Crippen LogP contribution is 2.27. The second-order valence-corrected chi connectivity index (χ2v) is 8.16. The second kappa shape index (κ2) is 9.36. The molecule has 2 amide bonds. The zero-order valence-electron chi connectivity index (χ0n) is 16.8. The summed E-state index contributed by atoms with van der Waals surface area (Å²) in [7, 11) is 0. The summed E-state index contributed by atoms with van der Waals surface area (Å²) in [5, 5.41) is 3.03. The fraction of sp³-hybridized carbons (Fsp3) is 0.636. The Kier molecular flexibility index (Phi) is 6.89. The van der Waals surface area contributed by atoms with Crippen molar-refractivity contribution >= 4 is 17.5 Å². The maximum Gasteiger partial charge on any atom is 0.238 e. The number of nitrogens with one attached hydrogen (secondary N) is 1. The van der Waals surface area contributed by atoms with Crippen LogP contribution in [0.5, 0.6) is 0 Å². The van der Waals surface area contributed by atoms with E-state index in [0.29, 0.717) is 24.8 Å². The Morgan fingerprint density at radius 1 is 1.04 bits per heavy atom. The van der Waals surface area contributed by atoms with Gasteiger partial charge in [-0.25, -0.2) is 0 Å². The molecule has 0 radical (unpaired) electrons. The summed E-state index contributed by atoms with van der Waals surface area (Å²) in [5.41, 5.74) is 3.18. The second-order valence-electron chi connectivity index (χ2n) is 8.16. The predicted octanol–water partition coefficient (Wildman–Crippen LogP) is 3.36. The van der Waals surface area contributed by atoms with E-state index in [9.17, 15) is 9.59 Å². The molecule has 5 heteroatoms. The number of nitrogens with zero attached hydrogens (tertiary/aromatic N) is 2. The third-order valence-corrected chi connectivity index (χ3v) is 6.16. The molecule has 27 heavy (non-hydrogen) atoms. The van der Waals surface area contributed by atoms with Crippen molar-refractivity contribution in [2.45, 2.75) is 52.4 Å². The van der Waals surface area contributed by atoms with E-state index in [1.165, 1.54) is 37.7 Å². The van der Waals surface area contributed by atoms with Gasteiger partial charge in [0.2, 0.25) is 11.8 Å². The number of piperazine rings is 1. The molecular weight excluding hydrogens is 338 g/mol. The monoisotopic (exact) mass is 371 g/mol. The van der Waals surface area contributed by atoms with Gasteiger partial charge in [0, 0.05) is 38.3 Å². The molecule has 1 N–H and O–H groups in total. The minimum absolute atomic E-state index is 0.0192. The number of aryl methyl sites for hydroxylation is 1. The van der Waals surface area contributed by atoms with Crippen LogP contribution in [0.4, 0.5) is 5.69 Å². The first-order chi connectivity index (χ1) is 13.0. The smallest absolute Gasteiger partial charge is 0.238 e. The van der Waals surface area contributed by atoms with Crippen LogP contribution in [0.15, 0.2) is 18.2 Å². The molecule has 5 nitrogen and oxygen atoms in total. The normalized spacial score (nSPS) is 19.1. The van der Waals surface area contributed by atoms with E-state index in [1.54, 1.807) is 0 Å². The summed E-state index contributed by atoms with van der Waals surface area (Å²) in [5.74, 6) is 0.916. The van der Waals surface area contributed by atoms with Gasteiger partial charge in [-0.1, -0.05) is 31.4 Å². The lowest BCUT2D eigenvalue weighted by atomic mass is 9.86. The molecule has 1 saturated carbocycles. The third kappa shape index (κ3) is 5.55. The van der Waals surface area contributed by atoms with E-state index in [0.717, 1.165) is 37.4 Å². The van der Waals surface area contributed by atoms with Crippen LogP contribution in [0, 0.1) is 19.8 Å². The summed E-state index contributed by atoms with van der Waals surface area (Å²) in [6.45, 7) is 7.49. The van der Waals surface area contributed by atoms with Crippen LogP contribution in [-0.4, -0.2) is 54.3 Å². The highest BCUT2D eigenvalue weighted by atomic mass is 16.2. The Hall–Kier alpha value is -1.88. The lowest BCUT2D eigenvalue weighted by Gasteiger charge is -2.35. The minimum Gasteiger partial charge on any atom is -0.340 e. The van der Waals surface area contributed by atoms with E-state index in [1.807, 2.05) is 24.0 Å². The van der Waals surface area contributed by atoms with Crippen LogP contribution in [0.2, 0.25) is 0 Å². The van der Waals surface area contributed by atoms with Gasteiger partial charge >= 0.3 is 0 Å². The van der Waals surface area contributed by atoms with Gasteiger partial charge in [0.15, 0.2) is 0 Å². The lowest BCUT2D eigenvalue weighted by Crippen LogP contribution is -2.50. The van der Waals surface area contributed by atoms with Gasteiger partial charge in [0.05, 0.1) is 6.54 Å². The van der Waals surface area contributed by atoms with E-state index in [-0.39, 0.29) is 5.91 Å². The first-order valence-electron chi connectivity index (χ1n) is 10.4. The number of hydrogen-bond acceptors (Lipinski definition) is 3. The maximum atomic E-state index is 12.5. The summed E-state index contributed by atoms with van der Waals surface area (Å²) >= 11 is 0. The molecule has 1 aromatic rings. The van der Waals surface area contributed by atoms with Crippen LogP contribution in [-0.2, 0) is 9.59 Å². The number of hydrogen-bond donors (Lipinski definition) is 1. The van der Waals surface area contributed by atoms with Gasteiger partial charge in [-0.05, 0) is 49.8 Å². The molecule has 0 unspecified atom stereocenters. The molecule has 3 rings (SSSR count). The Bertz CT molecular complexity index is 660. The molecule has 148 valence electrons. The molecule has 2 fully saturated rings. The Morgan fingerprint density at radius 3 is 2.44 bits per heavy atom. The molecule has 1 saturated heterocycles. The summed E-state index contributed by atoms with van der Waals surface area (Å²) < 4.78 is 0. The molecule has 0 aromatic heterocycles. The van der Waals surface area contributed by atoms with Gasteiger partial charge in [-0.2, -0.15) is 0 Å². The topological polar surface area (TPSA) is 52.7 Å². The van der Waals surface area contributed by atoms with Crippen molar-refractivity contribution in [2.75, 3.05) is 38.0 Å². The van der Waals surface area contributed by atoms with Crippen LogP contribution < -0.4 is 5.32 Å². The number of carbonyl (C=O) groups is 2. The molecule has 1 aliphatic carbocycles. The van der Waals surface area contributed by atoms with E-state index in [2.05, 4.69) is 23.2 Å². The number of carbonyl (C=O) groups excluding carboxylic acids is 2. The largest absolute Gasteiger partial charge is 0.340 e. The van der Waals surface area contributed by atoms with Gasteiger partial charge < -0.3 is 10.2 Å². The fourth-order valence-corrected chi connectivity index (χ4v) is 4.20. The summed E-state index contributed by atoms with van der Waals surface area (Å²) in [4.78, 5) is 29.1. The SMILES string of the molecule is Cc1cccc(NC(=O)CN2CCN(C(=O)CC3CCCCC3)CC2)c1C. The van der Waals surface area contributed by atoms with E-state index < -0.39 is 0 Å². The zero-order valence-corrected chi connectivity index (χ0v) is 16.8. The van der Waals surface area contributed by atoms with E-state index >= 15 is 0 Å². The Labute approximate surface area is 163 Å². The van der Waals surface area contributed by atoms with Gasteiger partial charge in [0.25, 0.3) is 0 Å². The molecule has 0 spiro atoms. The minimum atomic E-state index is 0.0192. The average molecular weight is 372 g/mol. The quantitative estimate of drug-likeness (QED) is 0.863. The Balaban J connectivity index is 1.41. The van der Waals surface area contributed by atoms with Crippen molar-refractivity contribution in [3.8, 4) is 0 Å². The van der Waals surface area contributed by atoms with Crippen molar-refractivity contribution < 1.29 is 9.59 Å². The van der Waals surface area contributed by atoms with Crippen molar-refractivity contribution in [1.82, 2.24) is 9.80 Å². The van der Waals surface area contributed by atoms with Crippen LogP contribution >= 0.6 is 0 Å². The first kappa shape index (κ1) is 19.9. The maximum absolute atomic E-state index is 12.5. The predicted molar refractivity (Wildman–Crippen MR) is 109 cm³/mol. The average Bonchev–Trinajstić information content (AvgIpc) is 2.67. The fourth-order valence-electron chi connectivity index (χ4n) is 4.20. The third-order valence-electron chi connectivity index (χ3n) is 6.16. The van der Waals surface area contributed by atoms with Crippen LogP contribution in [0.1, 0.15) is 49.7 Å². The van der Waals surface area contributed by atoms with Crippen LogP contribution in [0.3, 0.4) is 0 Å². The summed E-state index contributed by atoms with van der Waals surface area (Å²) in [6.07, 6.45) is 7.03. The molecule has 1 aromatic carbocycles. The number of amides is 2. The van der Waals surface area contributed by atoms with Crippen molar-refractivity contribution in [2.24, 2.45) is 5.92 Å². The Morgan fingerprint density at radius 2 is 1.74 bits per heavy atom. The van der Waals surface area contributed by atoms with Gasteiger partial charge in [-0.15, -0.1) is 0 Å². The first-order valence-corrected chi connectivity index (χ1v) is 10.4. The molecule has 1 aliphatic heterocycles. The van der Waals surface area contributed by atoms with Gasteiger partial charge in [-0.3, -0.25) is 14.5 Å². The van der Waals surface area contributed by atoms with Gasteiger partial charge in [0.1, 0.15) is 0 Å². The highest BCUT2D eigenvalue weighted by molar-refractivity contribution is 5.93. The van der Waals surface area contributed by atoms with Crippen molar-refractivity contribution in [3.05, 3.63) is 29.3 Å². The zero-order chi connectivity index (χ0) is 19.2. The van der Waals surface area contributed by atoms with Crippen molar-refractivity contribution in [3.63, 3.8) is 0 Å². The molecule has 1 heterocycles. The van der Waals surface area contributed by atoms with Crippen LogP contribution in [0.25, 0.3) is 0 Å². The molecule has 0 atom stereocenters.